The highest BCUT2D eigenvalue weighted by molar-refractivity contribution is 5.70. The minimum absolute atomic E-state index is 0.271. The summed E-state index contributed by atoms with van der Waals surface area (Å²) in [7, 11) is 0. The quantitative estimate of drug-likeness (QED) is 0.732. The summed E-state index contributed by atoms with van der Waals surface area (Å²) in [6.07, 6.45) is 2.59. The van der Waals surface area contributed by atoms with E-state index in [2.05, 4.69) is 13.2 Å². The number of amides is 1. The van der Waals surface area contributed by atoms with Crippen LogP contribution in [0.5, 0.6) is 0 Å². The molecule has 0 bridgehead atoms. The molecule has 1 aliphatic heterocycles. The average molecular weight is 297 g/mol. The third-order valence-corrected chi connectivity index (χ3v) is 3.13. The predicted molar refractivity (Wildman–Crippen MR) is 82.0 cm³/mol. The topological polar surface area (TPSA) is 48.0 Å². The Labute approximate surface area is 127 Å². The third kappa shape index (κ3) is 4.58. The first-order valence-electron chi connectivity index (χ1n) is 7.13. The summed E-state index contributed by atoms with van der Waals surface area (Å²) < 4.78 is 16.9. The van der Waals surface area contributed by atoms with Crippen LogP contribution in [0.15, 0.2) is 25.3 Å². The van der Waals surface area contributed by atoms with E-state index in [0.29, 0.717) is 13.2 Å². The monoisotopic (exact) mass is 297 g/mol. The van der Waals surface area contributed by atoms with Gasteiger partial charge in [0.05, 0.1) is 25.4 Å². The Hall–Kier alpha value is -1.33. The summed E-state index contributed by atoms with van der Waals surface area (Å²) in [6.45, 7) is 17.4. The normalized spacial score (nSPS) is 22.7. The lowest BCUT2D eigenvalue weighted by Gasteiger charge is -2.36. The van der Waals surface area contributed by atoms with Crippen molar-refractivity contribution in [3.8, 4) is 0 Å². The number of hydrogen-bond acceptors (Lipinski definition) is 4. The lowest BCUT2D eigenvalue weighted by atomic mass is 10.1. The standard InChI is InChI=1S/C16H27NO4/c1-8-10-19-13(9-2)12-11-20-16(6,7)17(12)14(18)21-15(3,4)5/h8-9,12-13H,1-2,10-11H2,3-7H3/t12-,13-/m1/s1. The molecule has 0 aromatic heterocycles. The highest BCUT2D eigenvalue weighted by atomic mass is 16.6. The fourth-order valence-corrected chi connectivity index (χ4v) is 2.26. The van der Waals surface area contributed by atoms with Gasteiger partial charge in [0.25, 0.3) is 0 Å². The number of nitrogens with zero attached hydrogens (tertiary/aromatic N) is 1. The molecule has 0 saturated carbocycles. The van der Waals surface area contributed by atoms with Gasteiger partial charge >= 0.3 is 6.09 Å². The maximum Gasteiger partial charge on any atom is 0.413 e. The van der Waals surface area contributed by atoms with Gasteiger partial charge in [0, 0.05) is 0 Å². The summed E-state index contributed by atoms with van der Waals surface area (Å²) in [5.41, 5.74) is -1.31. The van der Waals surface area contributed by atoms with Gasteiger partial charge in [-0.2, -0.15) is 0 Å². The molecule has 0 radical (unpaired) electrons. The molecule has 0 aromatic carbocycles. The maximum absolute atomic E-state index is 12.5. The lowest BCUT2D eigenvalue weighted by Crippen LogP contribution is -2.53. The van der Waals surface area contributed by atoms with Gasteiger partial charge in [-0.05, 0) is 34.6 Å². The molecule has 0 aromatic rings. The zero-order valence-electron chi connectivity index (χ0n) is 13.7. The molecular weight excluding hydrogens is 270 g/mol. The van der Waals surface area contributed by atoms with Gasteiger partial charge in [-0.3, -0.25) is 4.90 Å². The van der Waals surface area contributed by atoms with Crippen molar-refractivity contribution in [1.29, 1.82) is 0 Å². The van der Waals surface area contributed by atoms with E-state index in [1.54, 1.807) is 17.1 Å². The lowest BCUT2D eigenvalue weighted by molar-refractivity contribution is -0.0682. The van der Waals surface area contributed by atoms with E-state index in [9.17, 15) is 4.79 Å². The number of rotatable bonds is 5. The number of hydrogen-bond donors (Lipinski definition) is 0. The van der Waals surface area contributed by atoms with Crippen molar-refractivity contribution in [2.45, 2.75) is 58.1 Å². The third-order valence-electron chi connectivity index (χ3n) is 3.13. The van der Waals surface area contributed by atoms with E-state index in [4.69, 9.17) is 14.2 Å². The highest BCUT2D eigenvalue weighted by Crippen LogP contribution is 2.32. The molecule has 0 aliphatic carbocycles. The van der Waals surface area contributed by atoms with Crippen LogP contribution in [-0.4, -0.2) is 47.7 Å². The molecule has 0 unspecified atom stereocenters. The molecule has 21 heavy (non-hydrogen) atoms. The van der Waals surface area contributed by atoms with Crippen molar-refractivity contribution in [2.24, 2.45) is 0 Å². The zero-order chi connectivity index (χ0) is 16.3. The maximum atomic E-state index is 12.5. The molecule has 1 amide bonds. The summed E-state index contributed by atoms with van der Waals surface area (Å²) in [4.78, 5) is 14.1. The van der Waals surface area contributed by atoms with Crippen LogP contribution in [0.4, 0.5) is 4.79 Å². The largest absolute Gasteiger partial charge is 0.444 e. The van der Waals surface area contributed by atoms with E-state index < -0.39 is 17.4 Å². The fourth-order valence-electron chi connectivity index (χ4n) is 2.26. The van der Waals surface area contributed by atoms with Crippen molar-refractivity contribution >= 4 is 6.09 Å². The zero-order valence-corrected chi connectivity index (χ0v) is 13.7. The molecule has 1 fully saturated rings. The minimum atomic E-state index is -0.744. The Balaban J connectivity index is 2.94. The summed E-state index contributed by atoms with van der Waals surface area (Å²) >= 11 is 0. The van der Waals surface area contributed by atoms with E-state index in [1.807, 2.05) is 34.6 Å². The summed E-state index contributed by atoms with van der Waals surface area (Å²) in [5, 5.41) is 0. The van der Waals surface area contributed by atoms with Crippen LogP contribution in [0, 0.1) is 0 Å². The van der Waals surface area contributed by atoms with Gasteiger partial charge in [0.15, 0.2) is 0 Å². The molecule has 2 atom stereocenters. The second kappa shape index (κ2) is 6.62. The Morgan fingerprint density at radius 3 is 2.57 bits per heavy atom. The molecular formula is C16H27NO4. The van der Waals surface area contributed by atoms with Crippen molar-refractivity contribution in [3.63, 3.8) is 0 Å². The molecule has 1 aliphatic rings. The number of carbonyl (C=O) groups is 1. The van der Waals surface area contributed by atoms with Crippen LogP contribution < -0.4 is 0 Å². The van der Waals surface area contributed by atoms with Crippen LogP contribution in [0.3, 0.4) is 0 Å². The molecule has 1 rings (SSSR count). The molecule has 5 nitrogen and oxygen atoms in total. The van der Waals surface area contributed by atoms with Crippen molar-refractivity contribution in [3.05, 3.63) is 25.3 Å². The fraction of sp³-hybridized carbons (Fsp3) is 0.688. The molecule has 5 heteroatoms. The first-order chi connectivity index (χ1) is 9.62. The van der Waals surface area contributed by atoms with E-state index in [-0.39, 0.29) is 12.1 Å². The molecule has 0 N–H and O–H groups in total. The Kier molecular flexibility index (Phi) is 5.59. The van der Waals surface area contributed by atoms with E-state index in [0.717, 1.165) is 0 Å². The highest BCUT2D eigenvalue weighted by Gasteiger charge is 2.48. The van der Waals surface area contributed by atoms with Crippen LogP contribution >= 0.6 is 0 Å². The smallest absolute Gasteiger partial charge is 0.413 e. The Morgan fingerprint density at radius 1 is 1.48 bits per heavy atom. The van der Waals surface area contributed by atoms with Crippen molar-refractivity contribution in [1.82, 2.24) is 4.90 Å². The number of carbonyl (C=O) groups excluding carboxylic acids is 1. The van der Waals surface area contributed by atoms with Gasteiger partial charge in [0.1, 0.15) is 11.3 Å². The minimum Gasteiger partial charge on any atom is -0.444 e. The Bertz CT molecular complexity index is 398. The van der Waals surface area contributed by atoms with Crippen LogP contribution in [-0.2, 0) is 14.2 Å². The van der Waals surface area contributed by atoms with Crippen LogP contribution in [0.2, 0.25) is 0 Å². The van der Waals surface area contributed by atoms with Gasteiger partial charge in [0.2, 0.25) is 0 Å². The van der Waals surface area contributed by atoms with Gasteiger partial charge in [-0.25, -0.2) is 4.79 Å². The molecule has 1 saturated heterocycles. The summed E-state index contributed by atoms with van der Waals surface area (Å²) in [5.74, 6) is 0. The molecule has 1 heterocycles. The first kappa shape index (κ1) is 17.7. The average Bonchev–Trinajstić information content (AvgIpc) is 2.64. The van der Waals surface area contributed by atoms with Crippen molar-refractivity contribution in [2.75, 3.05) is 13.2 Å². The van der Waals surface area contributed by atoms with Crippen molar-refractivity contribution < 1.29 is 19.0 Å². The van der Waals surface area contributed by atoms with Gasteiger partial charge in [-0.15, -0.1) is 13.2 Å². The van der Waals surface area contributed by atoms with Crippen LogP contribution in [0.1, 0.15) is 34.6 Å². The summed E-state index contributed by atoms with van der Waals surface area (Å²) in [6, 6.07) is -0.271. The van der Waals surface area contributed by atoms with E-state index >= 15 is 0 Å². The Morgan fingerprint density at radius 2 is 2.10 bits per heavy atom. The molecule has 120 valence electrons. The van der Waals surface area contributed by atoms with Gasteiger partial charge in [-0.1, -0.05) is 12.2 Å². The second-order valence-corrected chi connectivity index (χ2v) is 6.50. The number of ether oxygens (including phenoxy) is 3. The molecule has 0 spiro atoms. The van der Waals surface area contributed by atoms with Crippen LogP contribution in [0.25, 0.3) is 0 Å². The second-order valence-electron chi connectivity index (χ2n) is 6.50. The first-order valence-corrected chi connectivity index (χ1v) is 7.13. The predicted octanol–water partition coefficient (Wildman–Crippen LogP) is 3.12. The van der Waals surface area contributed by atoms with E-state index in [1.165, 1.54) is 0 Å². The van der Waals surface area contributed by atoms with Gasteiger partial charge < -0.3 is 14.2 Å². The SMILES string of the molecule is C=CCO[C@H](C=C)[C@H]1COC(C)(C)N1C(=O)OC(C)(C)C.